The molecule has 1 fully saturated rings. The Bertz CT molecular complexity index is 800. The summed E-state index contributed by atoms with van der Waals surface area (Å²) in [5.41, 5.74) is 1.14. The summed E-state index contributed by atoms with van der Waals surface area (Å²) in [6, 6.07) is 6.00. The van der Waals surface area contributed by atoms with Crippen LogP contribution in [0.4, 0.5) is 5.95 Å². The second-order valence-electron chi connectivity index (χ2n) is 7.25. The van der Waals surface area contributed by atoms with Crippen LogP contribution in [0.2, 0.25) is 0 Å². The molecule has 1 aliphatic carbocycles. The lowest BCUT2D eigenvalue weighted by Gasteiger charge is -2.17. The molecule has 6 nitrogen and oxygen atoms in total. The molecule has 0 aliphatic heterocycles. The summed E-state index contributed by atoms with van der Waals surface area (Å²) < 4.78 is 2.06. The van der Waals surface area contributed by atoms with E-state index >= 15 is 0 Å². The van der Waals surface area contributed by atoms with Crippen LogP contribution < -0.4 is 5.32 Å². The van der Waals surface area contributed by atoms with Crippen LogP contribution in [-0.4, -0.2) is 25.7 Å². The first kappa shape index (κ1) is 18.0. The smallest absolute Gasteiger partial charge is 0.248 e. The number of carbonyl (C=O) groups excluding carboxylic acids is 1. The number of rotatable bonds is 8. The van der Waals surface area contributed by atoms with E-state index in [2.05, 4.69) is 36.5 Å². The highest BCUT2D eigenvalue weighted by atomic mass is 32.1. The Morgan fingerprint density at radius 2 is 2.15 bits per heavy atom. The van der Waals surface area contributed by atoms with Gasteiger partial charge in [0.15, 0.2) is 0 Å². The quantitative estimate of drug-likeness (QED) is 0.605. The van der Waals surface area contributed by atoms with Gasteiger partial charge in [0.1, 0.15) is 5.82 Å². The van der Waals surface area contributed by atoms with Crippen molar-refractivity contribution in [1.82, 2.24) is 19.7 Å². The lowest BCUT2D eigenvalue weighted by Crippen LogP contribution is -2.19. The Labute approximate surface area is 163 Å². The highest BCUT2D eigenvalue weighted by Gasteiger charge is 2.19. The first-order chi connectivity index (χ1) is 13.3. The van der Waals surface area contributed by atoms with Crippen LogP contribution in [0.5, 0.6) is 0 Å². The van der Waals surface area contributed by atoms with Gasteiger partial charge in [-0.15, -0.1) is 5.10 Å². The molecular weight excluding hydrogens is 358 g/mol. The number of hydrogen-bond acceptors (Lipinski definition) is 4. The van der Waals surface area contributed by atoms with Crippen LogP contribution in [0.3, 0.4) is 0 Å². The van der Waals surface area contributed by atoms with Gasteiger partial charge in [0.05, 0.1) is 12.5 Å². The van der Waals surface area contributed by atoms with Crippen LogP contribution in [-0.2, 0) is 11.2 Å². The largest absolute Gasteiger partial charge is 0.346 e. The summed E-state index contributed by atoms with van der Waals surface area (Å²) in [6.07, 6.45) is 11.8. The zero-order valence-corrected chi connectivity index (χ0v) is 16.1. The molecule has 0 saturated heterocycles. The summed E-state index contributed by atoms with van der Waals surface area (Å²) in [5, 5.41) is 14.1. The van der Waals surface area contributed by atoms with Gasteiger partial charge in [0, 0.05) is 18.8 Å². The maximum Gasteiger partial charge on any atom is 0.248 e. The number of aromatic nitrogens is 4. The van der Waals surface area contributed by atoms with E-state index in [9.17, 15) is 4.79 Å². The van der Waals surface area contributed by atoms with Crippen molar-refractivity contribution in [2.75, 3.05) is 5.32 Å². The molecule has 0 radical (unpaired) electrons. The van der Waals surface area contributed by atoms with Gasteiger partial charge in [-0.1, -0.05) is 25.7 Å². The molecular formula is C20H25N5OS. The molecule has 7 heteroatoms. The summed E-state index contributed by atoms with van der Waals surface area (Å²) in [5.74, 6) is 1.97. The molecule has 2 N–H and O–H groups in total. The standard InChI is InChI=1S/C20H25N5OS/c26-19(13-17(16-9-12-27-14-16)25-10-3-4-11-25)22-20-21-18(23-24-20)8-7-15-5-1-2-6-15/h3-4,9-12,14-15,17H,1-2,5-8,13H2,(H2,21,22,23,24,26). The Balaban J connectivity index is 1.34. The number of nitrogens with zero attached hydrogens (tertiary/aromatic N) is 3. The van der Waals surface area contributed by atoms with E-state index < -0.39 is 0 Å². The van der Waals surface area contributed by atoms with Crippen molar-refractivity contribution in [2.24, 2.45) is 5.92 Å². The van der Waals surface area contributed by atoms with Crippen LogP contribution in [0, 0.1) is 5.92 Å². The highest BCUT2D eigenvalue weighted by Crippen LogP contribution is 2.28. The van der Waals surface area contributed by atoms with E-state index in [0.717, 1.165) is 30.1 Å². The van der Waals surface area contributed by atoms with Gasteiger partial charge >= 0.3 is 0 Å². The van der Waals surface area contributed by atoms with Crippen molar-refractivity contribution in [2.45, 2.75) is 51.0 Å². The van der Waals surface area contributed by atoms with Gasteiger partial charge in [-0.3, -0.25) is 15.2 Å². The van der Waals surface area contributed by atoms with E-state index in [1.165, 1.54) is 25.7 Å². The van der Waals surface area contributed by atoms with E-state index in [0.29, 0.717) is 12.4 Å². The Hall–Kier alpha value is -2.41. The monoisotopic (exact) mass is 383 g/mol. The zero-order valence-electron chi connectivity index (χ0n) is 15.3. The maximum atomic E-state index is 12.6. The Morgan fingerprint density at radius 1 is 1.33 bits per heavy atom. The third-order valence-electron chi connectivity index (χ3n) is 5.34. The minimum Gasteiger partial charge on any atom is -0.346 e. The molecule has 3 aromatic rings. The third kappa shape index (κ3) is 4.66. The predicted molar refractivity (Wildman–Crippen MR) is 107 cm³/mol. The molecule has 3 heterocycles. The second kappa shape index (κ2) is 8.52. The van der Waals surface area contributed by atoms with Crippen molar-refractivity contribution in [3.63, 3.8) is 0 Å². The molecule has 142 valence electrons. The average Bonchev–Trinajstić information content (AvgIpc) is 3.47. The van der Waals surface area contributed by atoms with Crippen molar-refractivity contribution >= 4 is 23.2 Å². The van der Waals surface area contributed by atoms with Gasteiger partial charge in [-0.25, -0.2) is 0 Å². The van der Waals surface area contributed by atoms with Gasteiger partial charge < -0.3 is 4.57 Å². The molecule has 3 aromatic heterocycles. The number of anilines is 1. The fraction of sp³-hybridized carbons (Fsp3) is 0.450. The SMILES string of the molecule is O=C(CC(c1ccsc1)n1cccc1)Nc1n[nH]c(CCC2CCCC2)n1. The molecule has 1 unspecified atom stereocenters. The lowest BCUT2D eigenvalue weighted by atomic mass is 10.0. The zero-order chi connectivity index (χ0) is 18.5. The van der Waals surface area contributed by atoms with Gasteiger partial charge in [0.25, 0.3) is 0 Å². The van der Waals surface area contributed by atoms with Crippen LogP contribution in [0.1, 0.15) is 56.0 Å². The normalized spacial score (nSPS) is 15.9. The lowest BCUT2D eigenvalue weighted by molar-refractivity contribution is -0.116. The van der Waals surface area contributed by atoms with E-state index in [1.807, 2.05) is 29.9 Å². The van der Waals surface area contributed by atoms with Crippen molar-refractivity contribution < 1.29 is 4.79 Å². The van der Waals surface area contributed by atoms with Gasteiger partial charge in [-0.2, -0.15) is 16.3 Å². The fourth-order valence-corrected chi connectivity index (χ4v) is 4.58. The molecule has 0 aromatic carbocycles. The predicted octanol–water partition coefficient (Wildman–Crippen LogP) is 4.41. The maximum absolute atomic E-state index is 12.6. The number of nitrogens with one attached hydrogen (secondary N) is 2. The van der Waals surface area contributed by atoms with Crippen LogP contribution in [0.25, 0.3) is 0 Å². The molecule has 27 heavy (non-hydrogen) atoms. The number of hydrogen-bond donors (Lipinski definition) is 2. The summed E-state index contributed by atoms with van der Waals surface area (Å²) in [7, 11) is 0. The molecule has 1 aliphatic rings. The Morgan fingerprint density at radius 3 is 2.89 bits per heavy atom. The minimum atomic E-state index is -0.0822. The highest BCUT2D eigenvalue weighted by molar-refractivity contribution is 7.08. The van der Waals surface area contributed by atoms with Gasteiger partial charge in [-0.05, 0) is 46.9 Å². The molecule has 1 saturated carbocycles. The average molecular weight is 384 g/mol. The number of amides is 1. The van der Waals surface area contributed by atoms with Crippen molar-refractivity contribution in [3.8, 4) is 0 Å². The molecule has 1 atom stereocenters. The number of aromatic amines is 1. The van der Waals surface area contributed by atoms with Crippen LogP contribution >= 0.6 is 11.3 Å². The van der Waals surface area contributed by atoms with E-state index in [-0.39, 0.29) is 11.9 Å². The minimum absolute atomic E-state index is 0.0213. The first-order valence-electron chi connectivity index (χ1n) is 9.63. The summed E-state index contributed by atoms with van der Waals surface area (Å²) in [6.45, 7) is 0. The van der Waals surface area contributed by atoms with Crippen LogP contribution in [0.15, 0.2) is 41.4 Å². The molecule has 4 rings (SSSR count). The van der Waals surface area contributed by atoms with Crippen molar-refractivity contribution in [1.29, 1.82) is 0 Å². The van der Waals surface area contributed by atoms with Crippen molar-refractivity contribution in [3.05, 3.63) is 52.7 Å². The Kier molecular flexibility index (Phi) is 5.67. The van der Waals surface area contributed by atoms with Gasteiger partial charge in [0.2, 0.25) is 11.9 Å². The molecule has 0 bridgehead atoms. The van der Waals surface area contributed by atoms with E-state index in [4.69, 9.17) is 0 Å². The first-order valence-corrected chi connectivity index (χ1v) is 10.6. The number of H-pyrrole nitrogens is 1. The summed E-state index contributed by atoms with van der Waals surface area (Å²) in [4.78, 5) is 17.0. The second-order valence-corrected chi connectivity index (χ2v) is 8.03. The third-order valence-corrected chi connectivity index (χ3v) is 6.04. The molecule has 0 spiro atoms. The van der Waals surface area contributed by atoms with E-state index in [1.54, 1.807) is 11.3 Å². The fourth-order valence-electron chi connectivity index (χ4n) is 3.87. The number of thiophene rings is 1. The number of carbonyl (C=O) groups is 1. The summed E-state index contributed by atoms with van der Waals surface area (Å²) >= 11 is 1.64. The number of aryl methyl sites for hydroxylation is 1. The molecule has 1 amide bonds. The topological polar surface area (TPSA) is 75.6 Å².